The number of aryl methyl sites for hydroxylation is 2. The number of fused-ring (bicyclic) bond motifs is 1. The van der Waals surface area contributed by atoms with Crippen LogP contribution in [0.4, 0.5) is 5.82 Å². The van der Waals surface area contributed by atoms with Gasteiger partial charge >= 0.3 is 0 Å². The highest BCUT2D eigenvalue weighted by atomic mass is 32.1. The Labute approximate surface area is 158 Å². The molecule has 4 rings (SSSR count). The van der Waals surface area contributed by atoms with Gasteiger partial charge in [-0.2, -0.15) is 0 Å². The Morgan fingerprint density at radius 1 is 1.19 bits per heavy atom. The van der Waals surface area contributed by atoms with Gasteiger partial charge in [0.25, 0.3) is 0 Å². The maximum atomic E-state index is 12.8. The Morgan fingerprint density at radius 3 is 2.65 bits per heavy atom. The van der Waals surface area contributed by atoms with Gasteiger partial charge in [0.1, 0.15) is 17.0 Å². The van der Waals surface area contributed by atoms with Crippen LogP contribution in [0.15, 0.2) is 6.33 Å². The molecule has 0 aromatic carbocycles. The average molecular weight is 374 g/mol. The fourth-order valence-corrected chi connectivity index (χ4v) is 5.19. The van der Waals surface area contributed by atoms with Crippen LogP contribution < -0.4 is 10.2 Å². The van der Waals surface area contributed by atoms with Crippen molar-refractivity contribution in [2.24, 2.45) is 5.92 Å². The van der Waals surface area contributed by atoms with Crippen LogP contribution in [0.5, 0.6) is 0 Å². The normalized spacial score (nSPS) is 21.7. The Balaban J connectivity index is 1.45. The molecule has 2 fully saturated rings. The smallest absolute Gasteiger partial charge is 0.225 e. The van der Waals surface area contributed by atoms with Crippen molar-refractivity contribution in [3.63, 3.8) is 0 Å². The van der Waals surface area contributed by atoms with E-state index in [1.165, 1.54) is 15.8 Å². The number of thiophene rings is 1. The van der Waals surface area contributed by atoms with Gasteiger partial charge in [-0.3, -0.25) is 4.79 Å². The molecule has 26 heavy (non-hydrogen) atoms. The standard InChI is InChI=1S/C19H27N5OS/c1-12-13(2)26-18-16(12)17(21-11-22-18)23-7-4-14(5-8-23)19(25)24-9-6-15(10-24)20-3/h11,14-15,20H,4-10H2,1-3H3/t15-/m0/s1. The predicted molar refractivity (Wildman–Crippen MR) is 106 cm³/mol. The minimum atomic E-state index is 0.157. The fourth-order valence-electron chi connectivity index (χ4n) is 4.20. The number of anilines is 1. The minimum absolute atomic E-state index is 0.157. The van der Waals surface area contributed by atoms with Crippen molar-refractivity contribution in [1.29, 1.82) is 0 Å². The van der Waals surface area contributed by atoms with E-state index in [1.54, 1.807) is 17.7 Å². The van der Waals surface area contributed by atoms with Crippen LogP contribution in [0.3, 0.4) is 0 Å². The first kappa shape index (κ1) is 17.7. The molecule has 0 saturated carbocycles. The maximum Gasteiger partial charge on any atom is 0.225 e. The van der Waals surface area contributed by atoms with Crippen LogP contribution in [0.25, 0.3) is 10.2 Å². The zero-order valence-electron chi connectivity index (χ0n) is 15.8. The molecule has 0 aliphatic carbocycles. The molecule has 2 saturated heterocycles. The van der Waals surface area contributed by atoms with Crippen LogP contribution in [0.1, 0.15) is 29.7 Å². The van der Waals surface area contributed by atoms with Crippen molar-refractivity contribution in [2.45, 2.75) is 39.2 Å². The van der Waals surface area contributed by atoms with E-state index in [0.717, 1.165) is 56.1 Å². The third-order valence-corrected chi connectivity index (χ3v) is 7.11. The number of hydrogen-bond donors (Lipinski definition) is 1. The monoisotopic (exact) mass is 373 g/mol. The lowest BCUT2D eigenvalue weighted by atomic mass is 9.95. The number of carbonyl (C=O) groups is 1. The number of amides is 1. The summed E-state index contributed by atoms with van der Waals surface area (Å²) in [5.41, 5.74) is 1.29. The molecule has 0 bridgehead atoms. The maximum absolute atomic E-state index is 12.8. The highest BCUT2D eigenvalue weighted by molar-refractivity contribution is 7.18. The van der Waals surface area contributed by atoms with Gasteiger partial charge < -0.3 is 15.1 Å². The number of aromatic nitrogens is 2. The van der Waals surface area contributed by atoms with Crippen LogP contribution in [-0.2, 0) is 4.79 Å². The second-order valence-corrected chi connectivity index (χ2v) is 8.68. The topological polar surface area (TPSA) is 61.4 Å². The van der Waals surface area contributed by atoms with Crippen LogP contribution in [-0.4, -0.2) is 60.0 Å². The van der Waals surface area contributed by atoms with Gasteiger partial charge in [0, 0.05) is 43.0 Å². The van der Waals surface area contributed by atoms with E-state index < -0.39 is 0 Å². The molecule has 2 aromatic rings. The third-order valence-electron chi connectivity index (χ3n) is 6.00. The number of hydrogen-bond acceptors (Lipinski definition) is 6. The van der Waals surface area contributed by atoms with Crippen molar-refractivity contribution < 1.29 is 4.79 Å². The summed E-state index contributed by atoms with van der Waals surface area (Å²) in [6.07, 6.45) is 4.56. The van der Waals surface area contributed by atoms with E-state index >= 15 is 0 Å². The Morgan fingerprint density at radius 2 is 1.96 bits per heavy atom. The van der Waals surface area contributed by atoms with Gasteiger partial charge in [0.15, 0.2) is 0 Å². The average Bonchev–Trinajstić information content (AvgIpc) is 3.26. The van der Waals surface area contributed by atoms with E-state index in [2.05, 4.69) is 38.9 Å². The molecule has 1 atom stereocenters. The summed E-state index contributed by atoms with van der Waals surface area (Å²) < 4.78 is 0. The number of carbonyl (C=O) groups excluding carboxylic acids is 1. The van der Waals surface area contributed by atoms with Crippen LogP contribution in [0.2, 0.25) is 0 Å². The molecular formula is C19H27N5OS. The van der Waals surface area contributed by atoms with Gasteiger partial charge in [-0.1, -0.05) is 0 Å². The SMILES string of the molecule is CN[C@H]1CCN(C(=O)C2CCN(c3ncnc4sc(C)c(C)c34)CC2)C1. The van der Waals surface area contributed by atoms with Crippen LogP contribution in [0, 0.1) is 19.8 Å². The molecule has 0 unspecified atom stereocenters. The van der Waals surface area contributed by atoms with Crippen molar-refractivity contribution in [2.75, 3.05) is 38.1 Å². The van der Waals surface area contributed by atoms with Crippen molar-refractivity contribution >= 4 is 33.3 Å². The summed E-state index contributed by atoms with van der Waals surface area (Å²) in [6, 6.07) is 0.457. The first-order valence-electron chi connectivity index (χ1n) is 9.50. The number of nitrogens with one attached hydrogen (secondary N) is 1. The van der Waals surface area contributed by atoms with E-state index in [1.807, 2.05) is 7.05 Å². The summed E-state index contributed by atoms with van der Waals surface area (Å²) in [5.74, 6) is 1.54. The van der Waals surface area contributed by atoms with Gasteiger partial charge in [-0.05, 0) is 45.7 Å². The lowest BCUT2D eigenvalue weighted by Crippen LogP contribution is -2.43. The molecule has 0 spiro atoms. The van der Waals surface area contributed by atoms with Gasteiger partial charge in [-0.25, -0.2) is 9.97 Å². The fraction of sp³-hybridized carbons (Fsp3) is 0.632. The molecule has 6 nitrogen and oxygen atoms in total. The second kappa shape index (κ2) is 7.12. The number of likely N-dealkylation sites (tertiary alicyclic amines) is 1. The molecular weight excluding hydrogens is 346 g/mol. The highest BCUT2D eigenvalue weighted by Crippen LogP contribution is 2.35. The molecule has 4 heterocycles. The largest absolute Gasteiger partial charge is 0.356 e. The summed E-state index contributed by atoms with van der Waals surface area (Å²) in [7, 11) is 1.98. The predicted octanol–water partition coefficient (Wildman–Crippen LogP) is 2.34. The van der Waals surface area contributed by atoms with Gasteiger partial charge in [-0.15, -0.1) is 11.3 Å². The minimum Gasteiger partial charge on any atom is -0.356 e. The molecule has 2 aliphatic heterocycles. The van der Waals surface area contributed by atoms with E-state index in [4.69, 9.17) is 0 Å². The van der Waals surface area contributed by atoms with Crippen molar-refractivity contribution in [3.8, 4) is 0 Å². The molecule has 2 aromatic heterocycles. The Hall–Kier alpha value is -1.73. The number of nitrogens with zero attached hydrogens (tertiary/aromatic N) is 4. The molecule has 7 heteroatoms. The zero-order chi connectivity index (χ0) is 18.3. The van der Waals surface area contributed by atoms with Crippen molar-refractivity contribution in [1.82, 2.24) is 20.2 Å². The molecule has 1 N–H and O–H groups in total. The zero-order valence-corrected chi connectivity index (χ0v) is 16.6. The van der Waals surface area contributed by atoms with Gasteiger partial charge in [0.2, 0.25) is 5.91 Å². The number of likely N-dealkylation sites (N-methyl/N-ethyl adjacent to an activating group) is 1. The lowest BCUT2D eigenvalue weighted by Gasteiger charge is -2.34. The first-order valence-corrected chi connectivity index (χ1v) is 10.3. The number of rotatable bonds is 3. The quantitative estimate of drug-likeness (QED) is 0.895. The third kappa shape index (κ3) is 3.07. The molecule has 0 radical (unpaired) electrons. The highest BCUT2D eigenvalue weighted by Gasteiger charge is 2.33. The molecule has 2 aliphatic rings. The summed E-state index contributed by atoms with van der Waals surface area (Å²) >= 11 is 1.74. The Bertz CT molecular complexity index is 812. The van der Waals surface area contributed by atoms with Crippen LogP contribution >= 0.6 is 11.3 Å². The summed E-state index contributed by atoms with van der Waals surface area (Å²) in [5, 5.41) is 4.48. The Kier molecular flexibility index (Phi) is 4.84. The summed E-state index contributed by atoms with van der Waals surface area (Å²) in [6.45, 7) is 7.83. The molecule has 1 amide bonds. The number of piperidine rings is 1. The van der Waals surface area contributed by atoms with Crippen molar-refractivity contribution in [3.05, 3.63) is 16.8 Å². The lowest BCUT2D eigenvalue weighted by molar-refractivity contribution is -0.135. The van der Waals surface area contributed by atoms with E-state index in [-0.39, 0.29) is 5.92 Å². The first-order chi connectivity index (χ1) is 12.6. The van der Waals surface area contributed by atoms with E-state index in [9.17, 15) is 4.79 Å². The van der Waals surface area contributed by atoms with Gasteiger partial charge in [0.05, 0.1) is 5.39 Å². The van der Waals surface area contributed by atoms with E-state index in [0.29, 0.717) is 11.9 Å². The molecule has 140 valence electrons. The second-order valence-electron chi connectivity index (χ2n) is 7.48. The summed E-state index contributed by atoms with van der Waals surface area (Å²) in [4.78, 5) is 28.6.